The fourth-order valence-electron chi connectivity index (χ4n) is 1.48. The van der Waals surface area contributed by atoms with Crippen LogP contribution in [0.3, 0.4) is 0 Å². The van der Waals surface area contributed by atoms with E-state index in [-0.39, 0.29) is 11.3 Å². The van der Waals surface area contributed by atoms with Crippen LogP contribution in [0.15, 0.2) is 18.2 Å². The highest BCUT2D eigenvalue weighted by molar-refractivity contribution is 5.99. The predicted octanol–water partition coefficient (Wildman–Crippen LogP) is 1.39. The van der Waals surface area contributed by atoms with Crippen LogP contribution in [0.25, 0.3) is 0 Å². The summed E-state index contributed by atoms with van der Waals surface area (Å²) in [5.41, 5.74) is 6.08. The molecule has 1 aromatic rings. The normalized spacial score (nSPS) is 11.5. The lowest BCUT2D eigenvalue weighted by atomic mass is 10.1. The molecule has 1 atom stereocenters. The maximum Gasteiger partial charge on any atom is 0.346 e. The number of ether oxygens (including phenoxy) is 3. The van der Waals surface area contributed by atoms with Gasteiger partial charge in [-0.2, -0.15) is 0 Å². The zero-order valence-corrected chi connectivity index (χ0v) is 11.1. The molecular weight excluding hydrogens is 250 g/mol. The number of carbonyl (C=O) groups is 2. The van der Waals surface area contributed by atoms with Gasteiger partial charge in [-0.1, -0.05) is 6.07 Å². The molecule has 0 spiro atoms. The zero-order chi connectivity index (χ0) is 14.4. The Labute approximate surface area is 111 Å². The molecule has 0 aliphatic carbocycles. The Morgan fingerprint density at radius 1 is 1.37 bits per heavy atom. The lowest BCUT2D eigenvalue weighted by Crippen LogP contribution is -2.26. The molecule has 1 unspecified atom stereocenters. The van der Waals surface area contributed by atoms with E-state index in [9.17, 15) is 9.59 Å². The number of hydrogen-bond acceptors (Lipinski definition) is 6. The van der Waals surface area contributed by atoms with Crippen LogP contribution < -0.4 is 10.5 Å². The van der Waals surface area contributed by atoms with Crippen LogP contribution in [0.4, 0.5) is 5.69 Å². The quantitative estimate of drug-likeness (QED) is 0.640. The van der Waals surface area contributed by atoms with Gasteiger partial charge in [0.25, 0.3) is 0 Å². The van der Waals surface area contributed by atoms with Gasteiger partial charge in [-0.3, -0.25) is 0 Å². The Bertz CT molecular complexity index is 472. The minimum Gasteiger partial charge on any atom is -0.493 e. The number of methoxy groups -OCH3 is 1. The molecule has 1 rings (SSSR count). The van der Waals surface area contributed by atoms with Crippen LogP contribution in [0.1, 0.15) is 24.2 Å². The molecular formula is C13H17NO5. The maximum absolute atomic E-state index is 12.0. The van der Waals surface area contributed by atoms with Gasteiger partial charge in [-0.05, 0) is 26.0 Å². The highest BCUT2D eigenvalue weighted by Crippen LogP contribution is 2.25. The Kier molecular flexibility index (Phi) is 5.17. The van der Waals surface area contributed by atoms with Crippen LogP contribution in [0, 0.1) is 0 Å². The molecule has 2 N–H and O–H groups in total. The average Bonchev–Trinajstić information content (AvgIpc) is 2.38. The molecule has 0 aromatic heterocycles. The zero-order valence-electron chi connectivity index (χ0n) is 11.1. The Balaban J connectivity index is 2.96. The molecule has 6 heteroatoms. The number of nitrogen functional groups attached to an aromatic ring is 1. The topological polar surface area (TPSA) is 87.9 Å². The first-order chi connectivity index (χ1) is 9.01. The van der Waals surface area contributed by atoms with Crippen molar-refractivity contribution in [2.24, 2.45) is 0 Å². The van der Waals surface area contributed by atoms with E-state index in [1.54, 1.807) is 25.1 Å². The first-order valence-electron chi connectivity index (χ1n) is 5.81. The second kappa shape index (κ2) is 6.63. The van der Waals surface area contributed by atoms with E-state index in [4.69, 9.17) is 15.2 Å². The van der Waals surface area contributed by atoms with Gasteiger partial charge >= 0.3 is 11.9 Å². The van der Waals surface area contributed by atoms with Crippen molar-refractivity contribution in [3.63, 3.8) is 0 Å². The molecule has 104 valence electrons. The van der Waals surface area contributed by atoms with Gasteiger partial charge in [0, 0.05) is 5.69 Å². The molecule has 0 aliphatic rings. The van der Waals surface area contributed by atoms with Crippen molar-refractivity contribution in [2.45, 2.75) is 20.0 Å². The first-order valence-corrected chi connectivity index (χ1v) is 5.81. The Morgan fingerprint density at radius 2 is 2.05 bits per heavy atom. The van der Waals surface area contributed by atoms with E-state index in [1.165, 1.54) is 14.0 Å². The van der Waals surface area contributed by atoms with Gasteiger partial charge in [0.1, 0.15) is 11.3 Å². The smallest absolute Gasteiger partial charge is 0.346 e. The summed E-state index contributed by atoms with van der Waals surface area (Å²) in [6.07, 6.45) is -1.01. The minimum absolute atomic E-state index is 0.111. The summed E-state index contributed by atoms with van der Waals surface area (Å²) in [5, 5.41) is 0. The number of benzene rings is 1. The molecule has 0 aliphatic heterocycles. The molecule has 19 heavy (non-hydrogen) atoms. The lowest BCUT2D eigenvalue weighted by Gasteiger charge is -2.14. The molecule has 6 nitrogen and oxygen atoms in total. The van der Waals surface area contributed by atoms with Crippen molar-refractivity contribution in [2.75, 3.05) is 19.5 Å². The summed E-state index contributed by atoms with van der Waals surface area (Å²) in [4.78, 5) is 23.2. The van der Waals surface area contributed by atoms with Crippen LogP contribution in [-0.2, 0) is 14.3 Å². The highest BCUT2D eigenvalue weighted by atomic mass is 16.6. The van der Waals surface area contributed by atoms with Crippen LogP contribution in [-0.4, -0.2) is 31.8 Å². The SMILES string of the molecule is CCOc1cccc(N)c1C(=O)OC(C)C(=O)OC. The molecule has 0 saturated carbocycles. The standard InChI is InChI=1S/C13H17NO5/c1-4-18-10-7-5-6-9(14)11(10)13(16)19-8(2)12(15)17-3/h5-8H,4,14H2,1-3H3. The molecule has 0 heterocycles. The van der Waals surface area contributed by atoms with E-state index >= 15 is 0 Å². The van der Waals surface area contributed by atoms with Crippen molar-refractivity contribution in [1.82, 2.24) is 0 Å². The Morgan fingerprint density at radius 3 is 2.63 bits per heavy atom. The third kappa shape index (κ3) is 3.61. The van der Waals surface area contributed by atoms with Gasteiger partial charge in [0.2, 0.25) is 0 Å². The number of rotatable bonds is 5. The first kappa shape index (κ1) is 14.8. The van der Waals surface area contributed by atoms with Gasteiger partial charge in [0.15, 0.2) is 6.10 Å². The van der Waals surface area contributed by atoms with Crippen molar-refractivity contribution >= 4 is 17.6 Å². The predicted molar refractivity (Wildman–Crippen MR) is 68.9 cm³/mol. The molecule has 1 aromatic carbocycles. The van der Waals surface area contributed by atoms with E-state index in [0.29, 0.717) is 12.4 Å². The average molecular weight is 267 g/mol. The fraction of sp³-hybridized carbons (Fsp3) is 0.385. The molecule has 0 amide bonds. The van der Waals surface area contributed by atoms with E-state index in [1.807, 2.05) is 0 Å². The monoisotopic (exact) mass is 267 g/mol. The fourth-order valence-corrected chi connectivity index (χ4v) is 1.48. The number of hydrogen-bond donors (Lipinski definition) is 1. The van der Waals surface area contributed by atoms with Crippen LogP contribution in [0.5, 0.6) is 5.75 Å². The molecule has 0 fully saturated rings. The summed E-state index contributed by atoms with van der Waals surface area (Å²) < 4.78 is 14.8. The number of nitrogens with two attached hydrogens (primary N) is 1. The highest BCUT2D eigenvalue weighted by Gasteiger charge is 2.23. The summed E-state index contributed by atoms with van der Waals surface area (Å²) in [6, 6.07) is 4.84. The van der Waals surface area contributed by atoms with Crippen molar-refractivity contribution in [1.29, 1.82) is 0 Å². The van der Waals surface area contributed by atoms with Crippen molar-refractivity contribution in [3.05, 3.63) is 23.8 Å². The summed E-state index contributed by atoms with van der Waals surface area (Å²) in [6.45, 7) is 3.59. The van der Waals surface area contributed by atoms with E-state index in [2.05, 4.69) is 4.74 Å². The van der Waals surface area contributed by atoms with Gasteiger partial charge < -0.3 is 19.9 Å². The number of anilines is 1. The largest absolute Gasteiger partial charge is 0.493 e. The molecule has 0 saturated heterocycles. The number of esters is 2. The molecule has 0 radical (unpaired) electrons. The lowest BCUT2D eigenvalue weighted by molar-refractivity contribution is -0.149. The minimum atomic E-state index is -1.01. The molecule has 0 bridgehead atoms. The summed E-state index contributed by atoms with van der Waals surface area (Å²) >= 11 is 0. The maximum atomic E-state index is 12.0. The Hall–Kier alpha value is -2.24. The van der Waals surface area contributed by atoms with Gasteiger partial charge in [0.05, 0.1) is 13.7 Å². The second-order valence-corrected chi connectivity index (χ2v) is 3.72. The van der Waals surface area contributed by atoms with E-state index in [0.717, 1.165) is 0 Å². The third-order valence-electron chi connectivity index (χ3n) is 2.38. The van der Waals surface area contributed by atoms with Gasteiger partial charge in [-0.25, -0.2) is 9.59 Å². The van der Waals surface area contributed by atoms with Gasteiger partial charge in [-0.15, -0.1) is 0 Å². The van der Waals surface area contributed by atoms with Crippen LogP contribution in [0.2, 0.25) is 0 Å². The second-order valence-electron chi connectivity index (χ2n) is 3.72. The van der Waals surface area contributed by atoms with E-state index < -0.39 is 18.0 Å². The summed E-state index contributed by atoms with van der Waals surface area (Å²) in [7, 11) is 1.22. The summed E-state index contributed by atoms with van der Waals surface area (Å²) in [5.74, 6) is -1.04. The third-order valence-corrected chi connectivity index (χ3v) is 2.38. The van der Waals surface area contributed by atoms with Crippen molar-refractivity contribution in [3.8, 4) is 5.75 Å². The number of carbonyl (C=O) groups excluding carboxylic acids is 2. The van der Waals surface area contributed by atoms with Crippen LogP contribution >= 0.6 is 0 Å². The van der Waals surface area contributed by atoms with Crippen molar-refractivity contribution < 1.29 is 23.8 Å².